The van der Waals surface area contributed by atoms with E-state index in [4.69, 9.17) is 5.26 Å². The quantitative estimate of drug-likeness (QED) is 0.791. The molecule has 0 aliphatic heterocycles. The lowest BCUT2D eigenvalue weighted by atomic mass is 10.2. The van der Waals surface area contributed by atoms with E-state index < -0.39 is 0 Å². The largest absolute Gasteiger partial charge is 0.346 e. The highest BCUT2D eigenvalue weighted by molar-refractivity contribution is 5.89. The van der Waals surface area contributed by atoms with Crippen molar-refractivity contribution in [3.05, 3.63) is 31.0 Å². The number of nitrogens with one attached hydrogen (secondary N) is 1. The molecule has 0 fully saturated rings. The molecule has 3 rings (SSSR count). The first-order valence-electron chi connectivity index (χ1n) is 5.99. The minimum Gasteiger partial charge on any atom is -0.346 e. The van der Waals surface area contributed by atoms with E-state index in [-0.39, 0.29) is 13.5 Å². The summed E-state index contributed by atoms with van der Waals surface area (Å²) in [6, 6.07) is 4.15. The predicted octanol–water partition coefficient (Wildman–Crippen LogP) is 2.93. The molecule has 1 atom stereocenters. The summed E-state index contributed by atoms with van der Waals surface area (Å²) in [6.45, 7) is 1.96. The number of aromatic amines is 1. The molecule has 1 N–H and O–H groups in total. The minimum atomic E-state index is 0. The zero-order valence-corrected chi connectivity index (χ0v) is 10.4. The molecular weight excluding hydrogens is 252 g/mol. The van der Waals surface area contributed by atoms with Crippen LogP contribution in [0.5, 0.6) is 0 Å². The van der Waals surface area contributed by atoms with Crippen molar-refractivity contribution in [3.63, 3.8) is 0 Å². The maximum Gasteiger partial charge on any atom is 0.141 e. The molecule has 0 radical (unpaired) electrons. The van der Waals surface area contributed by atoms with Crippen LogP contribution in [0.15, 0.2) is 31.0 Å². The summed E-state index contributed by atoms with van der Waals surface area (Å²) in [4.78, 5) is 11.5. The Morgan fingerprint density at radius 2 is 2.30 bits per heavy atom. The van der Waals surface area contributed by atoms with Crippen molar-refractivity contribution in [2.45, 2.75) is 26.8 Å². The van der Waals surface area contributed by atoms with E-state index in [2.05, 4.69) is 26.1 Å². The Hall–Kier alpha value is -2.68. The van der Waals surface area contributed by atoms with Crippen molar-refractivity contribution in [2.75, 3.05) is 0 Å². The molecule has 0 amide bonds. The van der Waals surface area contributed by atoms with Gasteiger partial charge in [0.1, 0.15) is 12.0 Å². The van der Waals surface area contributed by atoms with E-state index in [1.54, 1.807) is 10.9 Å². The van der Waals surface area contributed by atoms with Gasteiger partial charge < -0.3 is 4.98 Å². The van der Waals surface area contributed by atoms with Crippen molar-refractivity contribution >= 4 is 11.0 Å². The third-order valence-corrected chi connectivity index (χ3v) is 3.07. The van der Waals surface area contributed by atoms with Crippen molar-refractivity contribution < 1.29 is 0 Å². The summed E-state index contributed by atoms with van der Waals surface area (Å²) in [6.07, 6.45) is 7.49. The molecule has 0 saturated heterocycles. The maximum atomic E-state index is 8.72. The average molecular weight is 268 g/mol. The van der Waals surface area contributed by atoms with Gasteiger partial charge in [-0.3, -0.25) is 4.68 Å². The Morgan fingerprint density at radius 3 is 3.10 bits per heavy atom. The van der Waals surface area contributed by atoms with Crippen LogP contribution < -0.4 is 0 Å². The van der Waals surface area contributed by atoms with Crippen molar-refractivity contribution in [2.24, 2.45) is 0 Å². The number of hydrogen-bond acceptors (Lipinski definition) is 4. The second-order valence-corrected chi connectivity index (χ2v) is 4.38. The standard InChI is InChI=1S/C13H12N6.CH4/c1-9(2-4-14)19-7-10(6-18-19)12-11-3-5-15-13(11)17-8-16-12;/h3,5-9H,2H2,1H3,(H,15,16,17);1H4. The minimum absolute atomic E-state index is 0. The first-order chi connectivity index (χ1) is 9.29. The van der Waals surface area contributed by atoms with Crippen LogP contribution in [0.3, 0.4) is 0 Å². The van der Waals surface area contributed by atoms with E-state index in [0.29, 0.717) is 6.42 Å². The number of fused-ring (bicyclic) bond motifs is 1. The maximum absolute atomic E-state index is 8.72. The Balaban J connectivity index is 0.00000147. The summed E-state index contributed by atoms with van der Waals surface area (Å²) < 4.78 is 1.79. The first kappa shape index (κ1) is 13.7. The zero-order valence-electron chi connectivity index (χ0n) is 10.4. The summed E-state index contributed by atoms with van der Waals surface area (Å²) in [5.41, 5.74) is 2.58. The lowest BCUT2D eigenvalue weighted by Gasteiger charge is -2.06. The molecule has 1 unspecified atom stereocenters. The number of aromatic nitrogens is 5. The lowest BCUT2D eigenvalue weighted by Crippen LogP contribution is -2.04. The molecule has 6 nitrogen and oxygen atoms in total. The van der Waals surface area contributed by atoms with Gasteiger partial charge in [0, 0.05) is 23.3 Å². The predicted molar refractivity (Wildman–Crippen MR) is 76.8 cm³/mol. The second-order valence-electron chi connectivity index (χ2n) is 4.38. The Labute approximate surface area is 117 Å². The van der Waals surface area contributed by atoms with Crippen LogP contribution in [-0.2, 0) is 0 Å². The van der Waals surface area contributed by atoms with E-state index in [0.717, 1.165) is 22.3 Å². The van der Waals surface area contributed by atoms with E-state index in [9.17, 15) is 0 Å². The fourth-order valence-corrected chi connectivity index (χ4v) is 2.03. The monoisotopic (exact) mass is 268 g/mol. The van der Waals surface area contributed by atoms with Crippen LogP contribution >= 0.6 is 0 Å². The number of rotatable bonds is 3. The third kappa shape index (κ3) is 2.26. The SMILES string of the molecule is C.CC(CC#N)n1cc(-c2ncnc3[nH]ccc23)cn1. The van der Waals surface area contributed by atoms with E-state index in [1.807, 2.05) is 25.4 Å². The fraction of sp³-hybridized carbons (Fsp3) is 0.286. The highest BCUT2D eigenvalue weighted by Gasteiger charge is 2.11. The van der Waals surface area contributed by atoms with Gasteiger partial charge in [-0.15, -0.1) is 0 Å². The highest BCUT2D eigenvalue weighted by atomic mass is 15.3. The van der Waals surface area contributed by atoms with Gasteiger partial charge >= 0.3 is 0 Å². The van der Waals surface area contributed by atoms with Gasteiger partial charge in [-0.05, 0) is 13.0 Å². The van der Waals surface area contributed by atoms with Crippen LogP contribution in [0, 0.1) is 11.3 Å². The van der Waals surface area contributed by atoms with Crippen LogP contribution in [0.1, 0.15) is 26.8 Å². The Bertz CT molecular complexity index is 748. The normalized spacial score (nSPS) is 11.8. The van der Waals surface area contributed by atoms with Crippen LogP contribution in [0.25, 0.3) is 22.3 Å². The molecular formula is C14H16N6. The van der Waals surface area contributed by atoms with E-state index in [1.165, 1.54) is 6.33 Å². The molecule has 6 heteroatoms. The second kappa shape index (κ2) is 5.53. The zero-order chi connectivity index (χ0) is 13.2. The summed E-state index contributed by atoms with van der Waals surface area (Å²) in [5.74, 6) is 0. The molecule has 3 aromatic rings. The van der Waals surface area contributed by atoms with Gasteiger partial charge in [0.05, 0.1) is 30.4 Å². The topological polar surface area (TPSA) is 83.2 Å². The number of nitriles is 1. The summed E-state index contributed by atoms with van der Waals surface area (Å²) in [5, 5.41) is 14.0. The van der Waals surface area contributed by atoms with Gasteiger partial charge in [-0.1, -0.05) is 7.43 Å². The molecule has 20 heavy (non-hydrogen) atoms. The average Bonchev–Trinajstić information content (AvgIpc) is 3.07. The Kier molecular flexibility index (Phi) is 3.80. The van der Waals surface area contributed by atoms with Crippen molar-refractivity contribution in [1.82, 2.24) is 24.7 Å². The highest BCUT2D eigenvalue weighted by Crippen LogP contribution is 2.25. The number of H-pyrrole nitrogens is 1. The Morgan fingerprint density at radius 1 is 1.45 bits per heavy atom. The summed E-state index contributed by atoms with van der Waals surface area (Å²) >= 11 is 0. The molecule has 0 saturated carbocycles. The van der Waals surface area contributed by atoms with Gasteiger partial charge in [-0.2, -0.15) is 10.4 Å². The molecule has 102 valence electrons. The lowest BCUT2D eigenvalue weighted by molar-refractivity contribution is 0.500. The first-order valence-corrected chi connectivity index (χ1v) is 5.99. The number of hydrogen-bond donors (Lipinski definition) is 1. The molecule has 0 spiro atoms. The molecule has 0 aliphatic carbocycles. The van der Waals surface area contributed by atoms with E-state index >= 15 is 0 Å². The number of nitrogens with zero attached hydrogens (tertiary/aromatic N) is 5. The molecule has 3 heterocycles. The molecule has 0 aromatic carbocycles. The van der Waals surface area contributed by atoms with Crippen molar-refractivity contribution in [1.29, 1.82) is 5.26 Å². The van der Waals surface area contributed by atoms with Gasteiger partial charge in [0.15, 0.2) is 0 Å². The molecule has 3 aromatic heterocycles. The van der Waals surface area contributed by atoms with Crippen LogP contribution in [0.2, 0.25) is 0 Å². The van der Waals surface area contributed by atoms with Gasteiger partial charge in [0.2, 0.25) is 0 Å². The van der Waals surface area contributed by atoms with Gasteiger partial charge in [0.25, 0.3) is 0 Å². The van der Waals surface area contributed by atoms with Crippen molar-refractivity contribution in [3.8, 4) is 17.3 Å². The molecule has 0 aliphatic rings. The fourth-order valence-electron chi connectivity index (χ4n) is 2.03. The smallest absolute Gasteiger partial charge is 0.141 e. The molecule has 0 bridgehead atoms. The van der Waals surface area contributed by atoms with Crippen LogP contribution in [0.4, 0.5) is 0 Å². The van der Waals surface area contributed by atoms with Crippen LogP contribution in [-0.4, -0.2) is 24.7 Å². The summed E-state index contributed by atoms with van der Waals surface area (Å²) in [7, 11) is 0. The third-order valence-electron chi connectivity index (χ3n) is 3.07. The van der Waals surface area contributed by atoms with Gasteiger partial charge in [-0.25, -0.2) is 9.97 Å².